The topological polar surface area (TPSA) is 107 Å². The van der Waals surface area contributed by atoms with E-state index in [1.807, 2.05) is 0 Å². The number of benzene rings is 1. The van der Waals surface area contributed by atoms with Gasteiger partial charge < -0.3 is 15.6 Å². The number of ether oxygens (including phenoxy) is 1. The van der Waals surface area contributed by atoms with E-state index >= 15 is 0 Å². The Balaban J connectivity index is 3.00. The van der Waals surface area contributed by atoms with E-state index in [1.165, 1.54) is 13.4 Å². The fourth-order valence-electron chi connectivity index (χ4n) is 1.78. The Kier molecular flexibility index (Phi) is 5.52. The standard InChI is InChI=1S/C13H19NO5S/c1-19-11-4-3-9(5-6-20(2,17)18)10(7-11)8-12(14)13(15)16/h3-4,7,12H,5-6,8,14H2,1-2H3,(H,15,16)/t12-/m0/s1. The molecule has 20 heavy (non-hydrogen) atoms. The van der Waals surface area contributed by atoms with Crippen molar-refractivity contribution in [2.75, 3.05) is 19.1 Å². The van der Waals surface area contributed by atoms with Crippen molar-refractivity contribution >= 4 is 15.8 Å². The Morgan fingerprint density at radius 3 is 2.55 bits per heavy atom. The van der Waals surface area contributed by atoms with Crippen molar-refractivity contribution in [3.63, 3.8) is 0 Å². The lowest BCUT2D eigenvalue weighted by Gasteiger charge is -2.13. The molecular formula is C13H19NO5S. The molecule has 1 aromatic carbocycles. The van der Waals surface area contributed by atoms with Crippen LogP contribution < -0.4 is 10.5 Å². The summed E-state index contributed by atoms with van der Waals surface area (Å²) in [6, 6.07) is 4.13. The lowest BCUT2D eigenvalue weighted by molar-refractivity contribution is -0.138. The fourth-order valence-corrected chi connectivity index (χ4v) is 2.37. The predicted molar refractivity (Wildman–Crippen MR) is 75.7 cm³/mol. The smallest absolute Gasteiger partial charge is 0.320 e. The third-order valence-electron chi connectivity index (χ3n) is 2.91. The summed E-state index contributed by atoms with van der Waals surface area (Å²) < 4.78 is 27.5. The van der Waals surface area contributed by atoms with Gasteiger partial charge in [0.2, 0.25) is 0 Å². The van der Waals surface area contributed by atoms with E-state index in [0.717, 1.165) is 5.56 Å². The molecule has 1 rings (SSSR count). The molecule has 0 aliphatic heterocycles. The molecule has 0 spiro atoms. The van der Waals surface area contributed by atoms with Crippen LogP contribution in [0.5, 0.6) is 5.75 Å². The number of carbonyl (C=O) groups is 1. The number of methoxy groups -OCH3 is 1. The number of aryl methyl sites for hydroxylation is 1. The highest BCUT2D eigenvalue weighted by Gasteiger charge is 2.16. The van der Waals surface area contributed by atoms with Crippen LogP contribution in [-0.4, -0.2) is 44.7 Å². The molecule has 0 radical (unpaired) electrons. The molecule has 0 amide bonds. The molecule has 112 valence electrons. The van der Waals surface area contributed by atoms with Crippen LogP contribution in [0, 0.1) is 0 Å². The first kappa shape index (κ1) is 16.5. The van der Waals surface area contributed by atoms with E-state index in [-0.39, 0.29) is 12.2 Å². The van der Waals surface area contributed by atoms with Crippen LogP contribution in [0.4, 0.5) is 0 Å². The number of aliphatic carboxylic acids is 1. The molecule has 0 heterocycles. The van der Waals surface area contributed by atoms with Gasteiger partial charge in [0, 0.05) is 6.26 Å². The first-order chi connectivity index (χ1) is 9.23. The van der Waals surface area contributed by atoms with Gasteiger partial charge in [-0.1, -0.05) is 6.07 Å². The van der Waals surface area contributed by atoms with Gasteiger partial charge in [-0.2, -0.15) is 0 Å². The van der Waals surface area contributed by atoms with Crippen molar-refractivity contribution < 1.29 is 23.1 Å². The van der Waals surface area contributed by atoms with E-state index in [9.17, 15) is 13.2 Å². The SMILES string of the molecule is COc1ccc(CCS(C)(=O)=O)c(C[C@H](N)C(=O)O)c1. The number of hydrogen-bond acceptors (Lipinski definition) is 5. The van der Waals surface area contributed by atoms with E-state index in [2.05, 4.69) is 0 Å². The lowest BCUT2D eigenvalue weighted by atomic mass is 9.98. The van der Waals surface area contributed by atoms with Crippen LogP contribution in [-0.2, 0) is 27.5 Å². The van der Waals surface area contributed by atoms with Crippen LogP contribution in [0.2, 0.25) is 0 Å². The molecule has 3 N–H and O–H groups in total. The van der Waals surface area contributed by atoms with Crippen molar-refractivity contribution in [3.8, 4) is 5.75 Å². The largest absolute Gasteiger partial charge is 0.497 e. The third-order valence-corrected chi connectivity index (χ3v) is 3.86. The second kappa shape index (κ2) is 6.71. The Morgan fingerprint density at radius 1 is 1.40 bits per heavy atom. The van der Waals surface area contributed by atoms with Gasteiger partial charge in [0.1, 0.15) is 21.6 Å². The van der Waals surface area contributed by atoms with Gasteiger partial charge >= 0.3 is 5.97 Å². The van der Waals surface area contributed by atoms with E-state index in [0.29, 0.717) is 17.7 Å². The molecular weight excluding hydrogens is 282 g/mol. The molecule has 1 atom stereocenters. The lowest BCUT2D eigenvalue weighted by Crippen LogP contribution is -2.32. The maximum atomic E-state index is 11.2. The van der Waals surface area contributed by atoms with Gasteiger partial charge in [-0.05, 0) is 36.1 Å². The van der Waals surface area contributed by atoms with Crippen LogP contribution in [0.25, 0.3) is 0 Å². The van der Waals surface area contributed by atoms with Crippen LogP contribution in [0.3, 0.4) is 0 Å². The summed E-state index contributed by atoms with van der Waals surface area (Å²) in [6.45, 7) is 0. The first-order valence-corrected chi connectivity index (χ1v) is 8.11. The van der Waals surface area contributed by atoms with Gasteiger partial charge in [-0.15, -0.1) is 0 Å². The molecule has 0 aliphatic rings. The van der Waals surface area contributed by atoms with E-state index in [1.54, 1.807) is 18.2 Å². The van der Waals surface area contributed by atoms with E-state index in [4.69, 9.17) is 15.6 Å². The molecule has 0 saturated carbocycles. The summed E-state index contributed by atoms with van der Waals surface area (Å²) in [5.74, 6) is -0.503. The van der Waals surface area contributed by atoms with E-state index < -0.39 is 21.8 Å². The summed E-state index contributed by atoms with van der Waals surface area (Å²) in [4.78, 5) is 10.8. The molecule has 0 bridgehead atoms. The van der Waals surface area contributed by atoms with Crippen molar-refractivity contribution in [1.82, 2.24) is 0 Å². The highest BCUT2D eigenvalue weighted by atomic mass is 32.2. The molecule has 6 nitrogen and oxygen atoms in total. The van der Waals surface area contributed by atoms with Crippen LogP contribution >= 0.6 is 0 Å². The number of carboxylic acids is 1. The van der Waals surface area contributed by atoms with Gasteiger partial charge in [0.15, 0.2) is 0 Å². The minimum Gasteiger partial charge on any atom is -0.497 e. The second-order valence-corrected chi connectivity index (χ2v) is 6.92. The van der Waals surface area contributed by atoms with Crippen LogP contribution in [0.15, 0.2) is 18.2 Å². The molecule has 0 saturated heterocycles. The fraction of sp³-hybridized carbons (Fsp3) is 0.462. The first-order valence-electron chi connectivity index (χ1n) is 6.05. The number of rotatable bonds is 7. The van der Waals surface area contributed by atoms with Crippen molar-refractivity contribution in [2.24, 2.45) is 5.73 Å². The molecule has 0 fully saturated rings. The van der Waals surface area contributed by atoms with Crippen LogP contribution in [0.1, 0.15) is 11.1 Å². The monoisotopic (exact) mass is 301 g/mol. The summed E-state index contributed by atoms with van der Waals surface area (Å²) in [7, 11) is -1.57. The zero-order chi connectivity index (χ0) is 15.3. The Morgan fingerprint density at radius 2 is 2.05 bits per heavy atom. The number of nitrogens with two attached hydrogens (primary N) is 1. The number of sulfone groups is 1. The van der Waals surface area contributed by atoms with Gasteiger partial charge in [-0.25, -0.2) is 8.42 Å². The summed E-state index contributed by atoms with van der Waals surface area (Å²) in [5, 5.41) is 8.87. The minimum atomic E-state index is -3.08. The molecule has 7 heteroatoms. The minimum absolute atomic E-state index is 0.00857. The van der Waals surface area contributed by atoms with Gasteiger partial charge in [0.05, 0.1) is 12.9 Å². The van der Waals surface area contributed by atoms with Gasteiger partial charge in [-0.3, -0.25) is 4.79 Å². The maximum absolute atomic E-state index is 11.2. The quantitative estimate of drug-likeness (QED) is 0.747. The zero-order valence-electron chi connectivity index (χ0n) is 11.5. The number of carboxylic acid groups (broad SMARTS) is 1. The normalized spacial score (nSPS) is 12.9. The average Bonchev–Trinajstić information content (AvgIpc) is 2.35. The Hall–Kier alpha value is -1.60. The van der Waals surface area contributed by atoms with Crippen molar-refractivity contribution in [2.45, 2.75) is 18.9 Å². The maximum Gasteiger partial charge on any atom is 0.320 e. The highest BCUT2D eigenvalue weighted by Crippen LogP contribution is 2.20. The Bertz CT molecular complexity index is 582. The molecule has 1 aromatic rings. The average molecular weight is 301 g/mol. The van der Waals surface area contributed by atoms with Crippen molar-refractivity contribution in [1.29, 1.82) is 0 Å². The second-order valence-electron chi connectivity index (χ2n) is 4.66. The summed E-state index contributed by atoms with van der Waals surface area (Å²) >= 11 is 0. The van der Waals surface area contributed by atoms with Crippen molar-refractivity contribution in [3.05, 3.63) is 29.3 Å². The predicted octanol–water partition coefficient (Wildman–Crippen LogP) is 0.237. The number of hydrogen-bond donors (Lipinski definition) is 2. The highest BCUT2D eigenvalue weighted by molar-refractivity contribution is 7.90. The zero-order valence-corrected chi connectivity index (χ0v) is 12.3. The molecule has 0 aliphatic carbocycles. The van der Waals surface area contributed by atoms with Gasteiger partial charge in [0.25, 0.3) is 0 Å². The summed E-state index contributed by atoms with van der Waals surface area (Å²) in [5.41, 5.74) is 7.00. The third kappa shape index (κ3) is 5.18. The Labute approximate surface area is 118 Å². The molecule has 0 aromatic heterocycles. The summed E-state index contributed by atoms with van der Waals surface area (Å²) in [6.07, 6.45) is 1.62. The molecule has 0 unspecified atom stereocenters.